The first-order valence-electron chi connectivity index (χ1n) is 5.35. The highest BCUT2D eigenvalue weighted by molar-refractivity contribution is 6.33. The summed E-state index contributed by atoms with van der Waals surface area (Å²) in [7, 11) is 1.51. The highest BCUT2D eigenvalue weighted by atomic mass is 35.5. The summed E-state index contributed by atoms with van der Waals surface area (Å²) in [6.07, 6.45) is 0.861. The minimum Gasteiger partial charge on any atom is -0.358 e. The lowest BCUT2D eigenvalue weighted by Crippen LogP contribution is -2.35. The zero-order valence-corrected chi connectivity index (χ0v) is 10.6. The second-order valence-electron chi connectivity index (χ2n) is 3.52. The summed E-state index contributed by atoms with van der Waals surface area (Å²) in [5.74, 6) is -0.596. The first-order chi connectivity index (χ1) is 8.08. The molecule has 0 aliphatic carbocycles. The fourth-order valence-electron chi connectivity index (χ4n) is 1.31. The Morgan fingerprint density at radius 1 is 1.35 bits per heavy atom. The van der Waals surface area contributed by atoms with Crippen LogP contribution < -0.4 is 10.6 Å². The molecule has 17 heavy (non-hydrogen) atoms. The quantitative estimate of drug-likeness (QED) is 0.853. The van der Waals surface area contributed by atoms with Crippen molar-refractivity contribution < 1.29 is 9.59 Å². The van der Waals surface area contributed by atoms with Gasteiger partial charge in [-0.1, -0.05) is 24.6 Å². The van der Waals surface area contributed by atoms with Crippen molar-refractivity contribution >= 4 is 23.4 Å². The Morgan fingerprint density at radius 2 is 2.06 bits per heavy atom. The molecule has 0 unspecified atom stereocenters. The molecule has 0 heterocycles. The van der Waals surface area contributed by atoms with Crippen molar-refractivity contribution in [3.63, 3.8) is 0 Å². The Bertz CT molecular complexity index is 433. The van der Waals surface area contributed by atoms with Crippen molar-refractivity contribution in [2.75, 3.05) is 13.6 Å². The summed E-state index contributed by atoms with van der Waals surface area (Å²) in [5, 5.41) is 5.31. The SMILES string of the molecule is CCc1ccc(C(=O)NCC(=O)NC)c(Cl)c1. The van der Waals surface area contributed by atoms with Gasteiger partial charge in [0.1, 0.15) is 0 Å². The van der Waals surface area contributed by atoms with Crippen molar-refractivity contribution in [3.05, 3.63) is 34.3 Å². The van der Waals surface area contributed by atoms with Gasteiger partial charge in [-0.15, -0.1) is 0 Å². The number of hydrogen-bond acceptors (Lipinski definition) is 2. The number of nitrogens with one attached hydrogen (secondary N) is 2. The van der Waals surface area contributed by atoms with Crippen molar-refractivity contribution in [2.45, 2.75) is 13.3 Å². The summed E-state index contributed by atoms with van der Waals surface area (Å²) in [6.45, 7) is 1.96. The van der Waals surface area contributed by atoms with Gasteiger partial charge in [0.25, 0.3) is 5.91 Å². The van der Waals surface area contributed by atoms with Crippen LogP contribution in [0.15, 0.2) is 18.2 Å². The van der Waals surface area contributed by atoms with Crippen LogP contribution in [0.2, 0.25) is 5.02 Å². The van der Waals surface area contributed by atoms with Crippen LogP contribution in [-0.4, -0.2) is 25.4 Å². The highest BCUT2D eigenvalue weighted by Gasteiger charge is 2.11. The van der Waals surface area contributed by atoms with E-state index in [0.717, 1.165) is 12.0 Å². The number of likely N-dealkylation sites (N-methyl/N-ethyl adjacent to an activating group) is 1. The second kappa shape index (κ2) is 6.25. The molecule has 92 valence electrons. The van der Waals surface area contributed by atoms with Gasteiger partial charge in [0.2, 0.25) is 5.91 Å². The molecular weight excluding hydrogens is 240 g/mol. The van der Waals surface area contributed by atoms with E-state index in [1.54, 1.807) is 12.1 Å². The van der Waals surface area contributed by atoms with Gasteiger partial charge in [-0.05, 0) is 24.1 Å². The van der Waals surface area contributed by atoms with Gasteiger partial charge < -0.3 is 10.6 Å². The fourth-order valence-corrected chi connectivity index (χ4v) is 1.60. The van der Waals surface area contributed by atoms with Gasteiger partial charge in [0, 0.05) is 7.05 Å². The van der Waals surface area contributed by atoms with Gasteiger partial charge in [-0.2, -0.15) is 0 Å². The standard InChI is InChI=1S/C12H15ClN2O2/c1-3-8-4-5-9(10(13)6-8)12(17)15-7-11(16)14-2/h4-6H,3,7H2,1-2H3,(H,14,16)(H,15,17). The van der Waals surface area contributed by atoms with Gasteiger partial charge in [0.15, 0.2) is 0 Å². The zero-order valence-electron chi connectivity index (χ0n) is 9.84. The van der Waals surface area contributed by atoms with E-state index in [1.165, 1.54) is 7.05 Å². The van der Waals surface area contributed by atoms with Crippen LogP contribution in [0.3, 0.4) is 0 Å². The maximum Gasteiger partial charge on any atom is 0.253 e. The Kier molecular flexibility index (Phi) is 4.97. The first kappa shape index (κ1) is 13.5. The number of amides is 2. The average molecular weight is 255 g/mol. The minimum absolute atomic E-state index is 0.0544. The van der Waals surface area contributed by atoms with Gasteiger partial charge in [0.05, 0.1) is 17.1 Å². The van der Waals surface area contributed by atoms with Gasteiger partial charge in [-0.25, -0.2) is 0 Å². The smallest absolute Gasteiger partial charge is 0.253 e. The second-order valence-corrected chi connectivity index (χ2v) is 3.93. The number of halogens is 1. The van der Waals surface area contributed by atoms with Crippen LogP contribution in [0.5, 0.6) is 0 Å². The number of rotatable bonds is 4. The van der Waals surface area contributed by atoms with E-state index in [9.17, 15) is 9.59 Å². The topological polar surface area (TPSA) is 58.2 Å². The number of benzene rings is 1. The molecule has 0 fully saturated rings. The molecule has 0 radical (unpaired) electrons. The van der Waals surface area contributed by atoms with Crippen LogP contribution in [0.25, 0.3) is 0 Å². The number of aryl methyl sites for hydroxylation is 1. The molecule has 0 saturated carbocycles. The van der Waals surface area contributed by atoms with E-state index >= 15 is 0 Å². The molecule has 0 bridgehead atoms. The van der Waals surface area contributed by atoms with Crippen LogP contribution >= 0.6 is 11.6 Å². The fraction of sp³-hybridized carbons (Fsp3) is 0.333. The van der Waals surface area contributed by atoms with Crippen LogP contribution in [0.4, 0.5) is 0 Å². The molecule has 0 aliphatic heterocycles. The molecule has 2 amide bonds. The number of hydrogen-bond donors (Lipinski definition) is 2. The summed E-state index contributed by atoms with van der Waals surface area (Å²) >= 11 is 5.99. The Labute approximate surface area is 105 Å². The molecule has 0 aliphatic rings. The molecule has 0 saturated heterocycles. The molecular formula is C12H15ClN2O2. The summed E-state index contributed by atoms with van der Waals surface area (Å²) in [6, 6.07) is 5.28. The third-order valence-electron chi connectivity index (χ3n) is 2.37. The van der Waals surface area contributed by atoms with E-state index in [2.05, 4.69) is 10.6 Å². The zero-order chi connectivity index (χ0) is 12.8. The molecule has 1 aromatic rings. The first-order valence-corrected chi connectivity index (χ1v) is 5.73. The van der Waals surface area contributed by atoms with Crippen LogP contribution in [0, 0.1) is 0 Å². The molecule has 4 nitrogen and oxygen atoms in total. The normalized spacial score (nSPS) is 9.82. The van der Waals surface area contributed by atoms with Crippen molar-refractivity contribution in [1.29, 1.82) is 0 Å². The Morgan fingerprint density at radius 3 is 2.59 bits per heavy atom. The molecule has 1 rings (SSSR count). The molecule has 5 heteroatoms. The third kappa shape index (κ3) is 3.75. The number of carbonyl (C=O) groups is 2. The predicted molar refractivity (Wildman–Crippen MR) is 67.2 cm³/mol. The maximum absolute atomic E-state index is 11.7. The van der Waals surface area contributed by atoms with Gasteiger partial charge in [-0.3, -0.25) is 9.59 Å². The van der Waals surface area contributed by atoms with Crippen molar-refractivity contribution in [3.8, 4) is 0 Å². The molecule has 0 spiro atoms. The van der Waals surface area contributed by atoms with Crippen molar-refractivity contribution in [2.24, 2.45) is 0 Å². The van der Waals surface area contributed by atoms with E-state index in [1.807, 2.05) is 13.0 Å². The Hall–Kier alpha value is -1.55. The maximum atomic E-state index is 11.7. The van der Waals surface area contributed by atoms with Crippen LogP contribution in [0.1, 0.15) is 22.8 Å². The molecule has 0 aromatic heterocycles. The lowest BCUT2D eigenvalue weighted by Gasteiger charge is -2.07. The summed E-state index contributed by atoms with van der Waals surface area (Å²) in [4.78, 5) is 22.7. The van der Waals surface area contributed by atoms with Gasteiger partial charge >= 0.3 is 0 Å². The van der Waals surface area contributed by atoms with Crippen LogP contribution in [-0.2, 0) is 11.2 Å². The van der Waals surface area contributed by atoms with E-state index in [-0.39, 0.29) is 18.4 Å². The monoisotopic (exact) mass is 254 g/mol. The van der Waals surface area contributed by atoms with E-state index in [0.29, 0.717) is 10.6 Å². The predicted octanol–water partition coefficient (Wildman–Crippen LogP) is 1.38. The lowest BCUT2D eigenvalue weighted by molar-refractivity contribution is -0.119. The minimum atomic E-state index is -0.346. The molecule has 1 aromatic carbocycles. The van der Waals surface area contributed by atoms with E-state index in [4.69, 9.17) is 11.6 Å². The number of carbonyl (C=O) groups excluding carboxylic acids is 2. The largest absolute Gasteiger partial charge is 0.358 e. The molecule has 0 atom stereocenters. The summed E-state index contributed by atoms with van der Waals surface area (Å²) < 4.78 is 0. The third-order valence-corrected chi connectivity index (χ3v) is 2.69. The highest BCUT2D eigenvalue weighted by Crippen LogP contribution is 2.18. The Balaban J connectivity index is 2.72. The van der Waals surface area contributed by atoms with Crippen molar-refractivity contribution in [1.82, 2.24) is 10.6 Å². The molecule has 2 N–H and O–H groups in total. The lowest BCUT2D eigenvalue weighted by atomic mass is 10.1. The summed E-state index contributed by atoms with van der Waals surface area (Å²) in [5.41, 5.74) is 1.45. The van der Waals surface area contributed by atoms with E-state index < -0.39 is 0 Å². The average Bonchev–Trinajstić information content (AvgIpc) is 2.35.